The first-order valence-corrected chi connectivity index (χ1v) is 3.98. The predicted octanol–water partition coefficient (Wildman–Crippen LogP) is 0.995. The normalized spacial score (nSPS) is 25.8. The van der Waals surface area contributed by atoms with Gasteiger partial charge >= 0.3 is 0 Å². The van der Waals surface area contributed by atoms with E-state index in [1.165, 1.54) is 0 Å². The number of hydrogen-bond acceptors (Lipinski definition) is 3. The van der Waals surface area contributed by atoms with E-state index >= 15 is 0 Å². The van der Waals surface area contributed by atoms with Crippen molar-refractivity contribution in [3.63, 3.8) is 0 Å². The molecule has 1 aliphatic rings. The van der Waals surface area contributed by atoms with Gasteiger partial charge in [0.1, 0.15) is 5.84 Å². The summed E-state index contributed by atoms with van der Waals surface area (Å²) in [6.07, 6.45) is 0.636. The molecule has 0 aliphatic carbocycles. The minimum absolute atomic E-state index is 0.156. The molecule has 1 fully saturated rings. The lowest BCUT2D eigenvalue weighted by atomic mass is 10.2. The van der Waals surface area contributed by atoms with Gasteiger partial charge in [0, 0.05) is 19.6 Å². The van der Waals surface area contributed by atoms with Crippen LogP contribution in [0.5, 0.6) is 0 Å². The monoisotopic (exact) mass is 190 g/mol. The first-order chi connectivity index (χ1) is 6.05. The summed E-state index contributed by atoms with van der Waals surface area (Å²) >= 11 is 0. The Bertz CT molecular complexity index is 227. The minimum atomic E-state index is -2.73. The molecule has 0 aromatic heterocycles. The Morgan fingerprint density at radius 2 is 2.23 bits per heavy atom. The summed E-state index contributed by atoms with van der Waals surface area (Å²) < 4.78 is 25.8. The van der Waals surface area contributed by atoms with Crippen LogP contribution in [0, 0.1) is 0 Å². The number of hydrogen-bond donors (Lipinski definition) is 1. The highest BCUT2D eigenvalue weighted by atomic mass is 19.3. The van der Waals surface area contributed by atoms with Crippen molar-refractivity contribution < 1.29 is 8.78 Å². The van der Waals surface area contributed by atoms with Gasteiger partial charge in [-0.1, -0.05) is 0 Å². The van der Waals surface area contributed by atoms with E-state index < -0.39 is 12.5 Å². The molecule has 4 nitrogen and oxygen atoms in total. The number of rotatable bonds is 1. The van der Waals surface area contributed by atoms with E-state index in [0.717, 1.165) is 5.01 Å². The van der Waals surface area contributed by atoms with Crippen molar-refractivity contribution in [3.05, 3.63) is 0 Å². The second-order valence-corrected chi connectivity index (χ2v) is 3.00. The Morgan fingerprint density at radius 1 is 1.54 bits per heavy atom. The van der Waals surface area contributed by atoms with Crippen LogP contribution in [0.15, 0.2) is 10.2 Å². The molecular weight excluding hydrogens is 178 g/mol. The first kappa shape index (κ1) is 10.0. The predicted molar refractivity (Wildman–Crippen MR) is 46.7 cm³/mol. The fraction of sp³-hybridized carbons (Fsp3) is 0.714. The third kappa shape index (κ3) is 2.73. The van der Waals surface area contributed by atoms with Crippen LogP contribution in [-0.4, -0.2) is 30.0 Å². The summed E-state index contributed by atoms with van der Waals surface area (Å²) in [6, 6.07) is 0. The van der Waals surface area contributed by atoms with Crippen molar-refractivity contribution in [2.75, 3.05) is 6.54 Å². The fourth-order valence-corrected chi connectivity index (χ4v) is 1.26. The van der Waals surface area contributed by atoms with E-state index in [1.807, 2.05) is 0 Å². The third-order valence-electron chi connectivity index (χ3n) is 1.86. The van der Waals surface area contributed by atoms with Crippen LogP contribution in [0.4, 0.5) is 8.78 Å². The molecule has 1 saturated heterocycles. The maximum Gasteiger partial charge on any atom is 0.266 e. The van der Waals surface area contributed by atoms with Gasteiger partial charge in [0.25, 0.3) is 5.92 Å². The average Bonchev–Trinajstić information content (AvgIpc) is 2.11. The van der Waals surface area contributed by atoms with Gasteiger partial charge in [0.15, 0.2) is 0 Å². The molecular formula is C7H12F2N4. The van der Waals surface area contributed by atoms with Gasteiger partial charge in [-0.15, -0.1) is 5.10 Å². The maximum absolute atomic E-state index is 12.9. The van der Waals surface area contributed by atoms with Crippen LogP contribution < -0.4 is 5.84 Å². The standard InChI is InChI=1S/C7H12F2N4/c1-11-12-6-3-2-4-7(8,9)5-13(6)10/h1-5,10H2/b12-6-. The SMILES string of the molecule is C=N/N=C1/CCCC(F)(F)CN1N. The lowest BCUT2D eigenvalue weighted by molar-refractivity contribution is -0.0218. The number of alkyl halides is 2. The van der Waals surface area contributed by atoms with Crippen LogP contribution >= 0.6 is 0 Å². The van der Waals surface area contributed by atoms with E-state index in [9.17, 15) is 8.78 Å². The topological polar surface area (TPSA) is 54.0 Å². The van der Waals surface area contributed by atoms with Crippen LogP contribution in [0.25, 0.3) is 0 Å². The largest absolute Gasteiger partial charge is 0.291 e. The van der Waals surface area contributed by atoms with Gasteiger partial charge in [0.05, 0.1) is 6.54 Å². The molecule has 1 heterocycles. The number of nitrogens with two attached hydrogens (primary N) is 1. The van der Waals surface area contributed by atoms with E-state index in [2.05, 4.69) is 16.9 Å². The van der Waals surface area contributed by atoms with Crippen LogP contribution in [-0.2, 0) is 0 Å². The van der Waals surface area contributed by atoms with Gasteiger partial charge in [0.2, 0.25) is 0 Å². The van der Waals surface area contributed by atoms with Gasteiger partial charge in [-0.2, -0.15) is 5.10 Å². The highest BCUT2D eigenvalue weighted by Crippen LogP contribution is 2.25. The van der Waals surface area contributed by atoms with Gasteiger partial charge in [-0.3, -0.25) is 5.01 Å². The Balaban J connectivity index is 2.73. The van der Waals surface area contributed by atoms with Crippen molar-refractivity contribution in [1.82, 2.24) is 5.01 Å². The van der Waals surface area contributed by atoms with E-state index in [0.29, 0.717) is 18.7 Å². The Hall–Kier alpha value is -1.04. The van der Waals surface area contributed by atoms with Crippen molar-refractivity contribution >= 4 is 12.6 Å². The van der Waals surface area contributed by atoms with Crippen molar-refractivity contribution in [3.8, 4) is 0 Å². The molecule has 0 spiro atoms. The summed E-state index contributed by atoms with van der Waals surface area (Å²) in [4.78, 5) is 0. The quantitative estimate of drug-likeness (QED) is 0.381. The lowest BCUT2D eigenvalue weighted by Gasteiger charge is -2.20. The summed E-state index contributed by atoms with van der Waals surface area (Å²) in [6.45, 7) is 2.65. The first-order valence-electron chi connectivity index (χ1n) is 3.98. The van der Waals surface area contributed by atoms with Crippen LogP contribution in [0.2, 0.25) is 0 Å². The minimum Gasteiger partial charge on any atom is -0.291 e. The van der Waals surface area contributed by atoms with Crippen LogP contribution in [0.3, 0.4) is 0 Å². The van der Waals surface area contributed by atoms with E-state index in [1.54, 1.807) is 0 Å². The van der Waals surface area contributed by atoms with E-state index in [4.69, 9.17) is 5.84 Å². The molecule has 1 aliphatic heterocycles. The highest BCUT2D eigenvalue weighted by molar-refractivity contribution is 5.82. The molecule has 0 amide bonds. The molecule has 0 aromatic rings. The second kappa shape index (κ2) is 3.78. The van der Waals surface area contributed by atoms with Crippen LogP contribution in [0.1, 0.15) is 19.3 Å². The smallest absolute Gasteiger partial charge is 0.266 e. The Labute approximate surface area is 75.1 Å². The second-order valence-electron chi connectivity index (χ2n) is 3.00. The third-order valence-corrected chi connectivity index (χ3v) is 1.86. The zero-order valence-electron chi connectivity index (χ0n) is 7.21. The average molecular weight is 190 g/mol. The fourth-order valence-electron chi connectivity index (χ4n) is 1.26. The molecule has 6 heteroatoms. The van der Waals surface area contributed by atoms with Gasteiger partial charge in [-0.05, 0) is 6.42 Å². The zero-order chi connectivity index (χ0) is 9.90. The molecule has 0 radical (unpaired) electrons. The van der Waals surface area contributed by atoms with Gasteiger partial charge < -0.3 is 0 Å². The Kier molecular flexibility index (Phi) is 2.92. The molecule has 0 unspecified atom stereocenters. The number of amidine groups is 1. The molecule has 1 rings (SSSR count). The molecule has 2 N–H and O–H groups in total. The summed E-state index contributed by atoms with van der Waals surface area (Å²) in [5, 5.41) is 7.81. The molecule has 0 aromatic carbocycles. The highest BCUT2D eigenvalue weighted by Gasteiger charge is 2.34. The maximum atomic E-state index is 12.9. The van der Waals surface area contributed by atoms with Crippen molar-refractivity contribution in [2.24, 2.45) is 16.0 Å². The summed E-state index contributed by atoms with van der Waals surface area (Å²) in [5.74, 6) is 3.01. The number of nitrogens with zero attached hydrogens (tertiary/aromatic N) is 3. The molecule has 74 valence electrons. The van der Waals surface area contributed by atoms with Crippen molar-refractivity contribution in [2.45, 2.75) is 25.2 Å². The number of halogens is 2. The van der Waals surface area contributed by atoms with Crippen molar-refractivity contribution in [1.29, 1.82) is 0 Å². The number of hydrazine groups is 1. The lowest BCUT2D eigenvalue weighted by Crippen LogP contribution is -2.43. The summed E-state index contributed by atoms with van der Waals surface area (Å²) in [7, 11) is 0. The Morgan fingerprint density at radius 3 is 2.85 bits per heavy atom. The molecule has 0 bridgehead atoms. The molecule has 0 saturated carbocycles. The van der Waals surface area contributed by atoms with E-state index in [-0.39, 0.29) is 6.42 Å². The molecule has 13 heavy (non-hydrogen) atoms. The van der Waals surface area contributed by atoms with Gasteiger partial charge in [-0.25, -0.2) is 14.6 Å². The molecule has 0 atom stereocenters. The zero-order valence-corrected chi connectivity index (χ0v) is 7.21. The summed E-state index contributed by atoms with van der Waals surface area (Å²) in [5.41, 5.74) is 0.